The number of methoxy groups -OCH3 is 2. The largest absolute Gasteiger partial charge is 0.493 e. The molecule has 102 valence electrons. The molecule has 4 N–H and O–H groups in total. The van der Waals surface area contributed by atoms with Crippen molar-refractivity contribution in [2.45, 2.75) is 0 Å². The molecule has 6 nitrogen and oxygen atoms in total. The van der Waals surface area contributed by atoms with Gasteiger partial charge in [-0.05, 0) is 0 Å². The molecule has 0 aliphatic rings. The van der Waals surface area contributed by atoms with Gasteiger partial charge in [0.15, 0.2) is 11.5 Å². The first-order valence-corrected chi connectivity index (χ1v) is 5.67. The maximum Gasteiger partial charge on any atom is 0.162 e. The summed E-state index contributed by atoms with van der Waals surface area (Å²) in [6.45, 7) is 1.45. The zero-order valence-corrected chi connectivity index (χ0v) is 10.7. The van der Waals surface area contributed by atoms with Crippen LogP contribution in [0.1, 0.15) is 0 Å². The van der Waals surface area contributed by atoms with Crippen molar-refractivity contribution in [3.63, 3.8) is 0 Å². The first-order chi connectivity index (χ1) is 8.72. The number of nitrogens with two attached hydrogens (primary N) is 1. The van der Waals surface area contributed by atoms with Crippen molar-refractivity contribution in [3.05, 3.63) is 12.1 Å². The van der Waals surface area contributed by atoms with Crippen molar-refractivity contribution in [2.24, 2.45) is 0 Å². The van der Waals surface area contributed by atoms with Gasteiger partial charge < -0.3 is 30.4 Å². The minimum Gasteiger partial charge on any atom is -0.493 e. The van der Waals surface area contributed by atoms with Gasteiger partial charge in [-0.15, -0.1) is 0 Å². The number of aliphatic hydroxyl groups excluding tert-OH is 1. The molecule has 0 unspecified atom stereocenters. The molecule has 0 saturated carbocycles. The zero-order chi connectivity index (χ0) is 13.4. The fourth-order valence-electron chi connectivity index (χ4n) is 1.47. The van der Waals surface area contributed by atoms with Crippen molar-refractivity contribution in [1.29, 1.82) is 0 Å². The molecule has 0 spiro atoms. The number of anilines is 2. The highest BCUT2D eigenvalue weighted by Crippen LogP contribution is 2.34. The predicted octanol–water partition coefficient (Wildman–Crippen LogP) is 0.707. The number of benzene rings is 1. The first kappa shape index (κ1) is 14.4. The molecule has 0 heterocycles. The van der Waals surface area contributed by atoms with E-state index in [2.05, 4.69) is 5.32 Å². The molecule has 0 aliphatic carbocycles. The molecular weight excluding hydrogens is 236 g/mol. The third-order valence-electron chi connectivity index (χ3n) is 2.35. The van der Waals surface area contributed by atoms with Crippen molar-refractivity contribution < 1.29 is 19.3 Å². The Morgan fingerprint density at radius 2 is 1.83 bits per heavy atom. The summed E-state index contributed by atoms with van der Waals surface area (Å²) >= 11 is 0. The second kappa shape index (κ2) is 7.62. The maximum absolute atomic E-state index is 8.56. The second-order valence-corrected chi connectivity index (χ2v) is 3.56. The summed E-state index contributed by atoms with van der Waals surface area (Å²) < 4.78 is 15.5. The normalized spacial score (nSPS) is 10.2. The van der Waals surface area contributed by atoms with E-state index in [1.165, 1.54) is 0 Å². The van der Waals surface area contributed by atoms with Gasteiger partial charge in [0, 0.05) is 18.7 Å². The van der Waals surface area contributed by atoms with Crippen LogP contribution in [0, 0.1) is 0 Å². The van der Waals surface area contributed by atoms with E-state index in [4.69, 9.17) is 25.1 Å². The van der Waals surface area contributed by atoms with E-state index in [0.29, 0.717) is 36.9 Å². The summed E-state index contributed by atoms with van der Waals surface area (Å²) in [7, 11) is 3.13. The Morgan fingerprint density at radius 1 is 1.17 bits per heavy atom. The molecule has 0 aliphatic heterocycles. The van der Waals surface area contributed by atoms with E-state index in [1.54, 1.807) is 26.4 Å². The van der Waals surface area contributed by atoms with Gasteiger partial charge in [0.2, 0.25) is 0 Å². The van der Waals surface area contributed by atoms with Crippen LogP contribution in [0.25, 0.3) is 0 Å². The van der Waals surface area contributed by atoms with E-state index >= 15 is 0 Å². The number of ether oxygens (including phenoxy) is 3. The predicted molar refractivity (Wildman–Crippen MR) is 70.4 cm³/mol. The number of rotatable bonds is 8. The molecule has 1 rings (SSSR count). The number of nitrogen functional groups attached to an aromatic ring is 1. The first-order valence-electron chi connectivity index (χ1n) is 5.67. The lowest BCUT2D eigenvalue weighted by Crippen LogP contribution is -2.12. The fourth-order valence-corrected chi connectivity index (χ4v) is 1.47. The Morgan fingerprint density at radius 3 is 2.44 bits per heavy atom. The SMILES string of the molecule is COc1cc(N)c(NCCOCCO)cc1OC. The van der Waals surface area contributed by atoms with Crippen molar-refractivity contribution >= 4 is 11.4 Å². The lowest BCUT2D eigenvalue weighted by atomic mass is 10.2. The molecule has 0 fully saturated rings. The van der Waals surface area contributed by atoms with Crippen molar-refractivity contribution in [3.8, 4) is 11.5 Å². The molecule has 6 heteroatoms. The molecule has 0 atom stereocenters. The van der Waals surface area contributed by atoms with Crippen LogP contribution in [0.5, 0.6) is 11.5 Å². The number of hydrogen-bond acceptors (Lipinski definition) is 6. The zero-order valence-electron chi connectivity index (χ0n) is 10.7. The third kappa shape index (κ3) is 3.97. The highest BCUT2D eigenvalue weighted by atomic mass is 16.5. The molecule has 0 aromatic heterocycles. The minimum absolute atomic E-state index is 0.0263. The number of hydrogen-bond donors (Lipinski definition) is 3. The Labute approximate surface area is 107 Å². The second-order valence-electron chi connectivity index (χ2n) is 3.56. The van der Waals surface area contributed by atoms with E-state index in [1.807, 2.05) is 0 Å². The summed E-state index contributed by atoms with van der Waals surface area (Å²) in [6, 6.07) is 3.48. The monoisotopic (exact) mass is 256 g/mol. The Bertz CT molecular complexity index is 371. The van der Waals surface area contributed by atoms with E-state index in [-0.39, 0.29) is 6.61 Å². The van der Waals surface area contributed by atoms with Crippen LogP contribution in [0.3, 0.4) is 0 Å². The number of aliphatic hydroxyl groups is 1. The van der Waals surface area contributed by atoms with Crippen LogP contribution in [0.4, 0.5) is 11.4 Å². The van der Waals surface area contributed by atoms with Gasteiger partial charge in [0.05, 0.1) is 45.4 Å². The average molecular weight is 256 g/mol. The van der Waals surface area contributed by atoms with E-state index in [9.17, 15) is 0 Å². The molecule has 0 amide bonds. The van der Waals surface area contributed by atoms with Crippen molar-refractivity contribution in [2.75, 3.05) is 51.6 Å². The van der Waals surface area contributed by atoms with Crippen molar-refractivity contribution in [1.82, 2.24) is 0 Å². The Balaban J connectivity index is 2.59. The van der Waals surface area contributed by atoms with Gasteiger partial charge in [-0.25, -0.2) is 0 Å². The molecule has 18 heavy (non-hydrogen) atoms. The molecule has 1 aromatic rings. The Kier molecular flexibility index (Phi) is 6.10. The van der Waals surface area contributed by atoms with Gasteiger partial charge in [-0.1, -0.05) is 0 Å². The van der Waals surface area contributed by atoms with Gasteiger partial charge in [-0.3, -0.25) is 0 Å². The van der Waals surface area contributed by atoms with E-state index in [0.717, 1.165) is 5.69 Å². The summed E-state index contributed by atoms with van der Waals surface area (Å²) in [5.74, 6) is 1.21. The van der Waals surface area contributed by atoms with E-state index < -0.39 is 0 Å². The smallest absolute Gasteiger partial charge is 0.162 e. The summed E-state index contributed by atoms with van der Waals surface area (Å²) in [4.78, 5) is 0. The highest BCUT2D eigenvalue weighted by Gasteiger charge is 2.08. The fraction of sp³-hybridized carbons (Fsp3) is 0.500. The number of nitrogens with one attached hydrogen (secondary N) is 1. The Hall–Kier alpha value is -1.66. The maximum atomic E-state index is 8.56. The van der Waals surface area contributed by atoms with Crippen LogP contribution >= 0.6 is 0 Å². The standard InChI is InChI=1S/C12H20N2O4/c1-16-11-7-9(13)10(8-12(11)17-2)14-3-5-18-6-4-15/h7-8,14-15H,3-6,13H2,1-2H3. The lowest BCUT2D eigenvalue weighted by molar-refractivity contribution is 0.0992. The molecule has 0 bridgehead atoms. The summed E-state index contributed by atoms with van der Waals surface area (Å²) in [5.41, 5.74) is 7.23. The third-order valence-corrected chi connectivity index (χ3v) is 2.35. The molecular formula is C12H20N2O4. The van der Waals surface area contributed by atoms with Gasteiger partial charge in [0.1, 0.15) is 0 Å². The summed E-state index contributed by atoms with van der Waals surface area (Å²) in [6.07, 6.45) is 0. The van der Waals surface area contributed by atoms with Crippen LogP contribution in [0.15, 0.2) is 12.1 Å². The van der Waals surface area contributed by atoms with Gasteiger partial charge in [0.25, 0.3) is 0 Å². The molecule has 1 aromatic carbocycles. The topological polar surface area (TPSA) is 86.0 Å². The minimum atomic E-state index is 0.0263. The average Bonchev–Trinajstić information content (AvgIpc) is 2.39. The molecule has 0 radical (unpaired) electrons. The quantitative estimate of drug-likeness (QED) is 0.469. The lowest BCUT2D eigenvalue weighted by Gasteiger charge is -2.14. The van der Waals surface area contributed by atoms with Gasteiger partial charge in [-0.2, -0.15) is 0 Å². The van der Waals surface area contributed by atoms with Crippen LogP contribution in [-0.2, 0) is 4.74 Å². The highest BCUT2D eigenvalue weighted by molar-refractivity contribution is 5.72. The van der Waals surface area contributed by atoms with Crippen LogP contribution < -0.4 is 20.5 Å². The van der Waals surface area contributed by atoms with Gasteiger partial charge >= 0.3 is 0 Å². The van der Waals surface area contributed by atoms with Crippen LogP contribution in [0.2, 0.25) is 0 Å². The summed E-state index contributed by atoms with van der Waals surface area (Å²) in [5, 5.41) is 11.7. The molecule has 0 saturated heterocycles. The van der Waals surface area contributed by atoms with Crippen LogP contribution in [-0.4, -0.2) is 45.7 Å².